The van der Waals surface area contributed by atoms with Gasteiger partial charge in [-0.25, -0.2) is 4.39 Å². The van der Waals surface area contributed by atoms with E-state index in [1.54, 1.807) is 16.8 Å². The monoisotopic (exact) mass is 378 g/mol. The van der Waals surface area contributed by atoms with Gasteiger partial charge in [0.25, 0.3) is 5.91 Å². The summed E-state index contributed by atoms with van der Waals surface area (Å²) in [6.45, 7) is 7.01. The zero-order valence-corrected chi connectivity index (χ0v) is 15.8. The lowest BCUT2D eigenvalue weighted by Crippen LogP contribution is -2.36. The van der Waals surface area contributed by atoms with Crippen molar-refractivity contribution in [3.63, 3.8) is 0 Å². The van der Waals surface area contributed by atoms with E-state index in [0.29, 0.717) is 30.6 Å². The molecular formula is C19H24ClFN4O. The Morgan fingerprint density at radius 2 is 2.15 bits per heavy atom. The van der Waals surface area contributed by atoms with Gasteiger partial charge >= 0.3 is 0 Å². The van der Waals surface area contributed by atoms with Crippen LogP contribution in [0.1, 0.15) is 34.7 Å². The molecule has 1 N–H and O–H groups in total. The lowest BCUT2D eigenvalue weighted by Gasteiger charge is -2.28. The van der Waals surface area contributed by atoms with Crippen molar-refractivity contribution >= 4 is 18.3 Å². The molecule has 0 bridgehead atoms. The van der Waals surface area contributed by atoms with E-state index in [9.17, 15) is 9.18 Å². The third kappa shape index (κ3) is 3.12. The lowest BCUT2D eigenvalue weighted by atomic mass is 9.89. The molecular weight excluding hydrogens is 355 g/mol. The largest absolute Gasteiger partial charge is 0.330 e. The van der Waals surface area contributed by atoms with Gasteiger partial charge in [0, 0.05) is 32.1 Å². The van der Waals surface area contributed by atoms with Crippen molar-refractivity contribution in [2.45, 2.75) is 26.4 Å². The van der Waals surface area contributed by atoms with Crippen LogP contribution < -0.4 is 5.32 Å². The number of benzene rings is 1. The molecule has 2 fully saturated rings. The summed E-state index contributed by atoms with van der Waals surface area (Å²) in [7, 11) is 0. The first-order valence-corrected chi connectivity index (χ1v) is 8.90. The van der Waals surface area contributed by atoms with Crippen molar-refractivity contribution in [1.82, 2.24) is 20.0 Å². The SMILES string of the molecule is CCn1nc(C)cc1C(=O)N1C[C@@H]2CNC[C@@H]2[C@H]1c1cccc(F)c1.Cl. The summed E-state index contributed by atoms with van der Waals surface area (Å²) >= 11 is 0. The maximum atomic E-state index is 13.8. The predicted octanol–water partition coefficient (Wildman–Crippen LogP) is 2.81. The highest BCUT2D eigenvalue weighted by atomic mass is 35.5. The van der Waals surface area contributed by atoms with Crippen LogP contribution in [0.25, 0.3) is 0 Å². The van der Waals surface area contributed by atoms with Crippen molar-refractivity contribution in [3.8, 4) is 0 Å². The topological polar surface area (TPSA) is 50.2 Å². The summed E-state index contributed by atoms with van der Waals surface area (Å²) in [5.41, 5.74) is 2.34. The van der Waals surface area contributed by atoms with E-state index >= 15 is 0 Å². The van der Waals surface area contributed by atoms with Crippen LogP contribution in [0.3, 0.4) is 0 Å². The molecule has 5 nitrogen and oxygen atoms in total. The predicted molar refractivity (Wildman–Crippen MR) is 99.9 cm³/mol. The molecule has 3 heterocycles. The number of carbonyl (C=O) groups is 1. The minimum atomic E-state index is -0.256. The number of nitrogens with zero attached hydrogens (tertiary/aromatic N) is 3. The van der Waals surface area contributed by atoms with Gasteiger partial charge in [0.2, 0.25) is 0 Å². The third-order valence-electron chi connectivity index (χ3n) is 5.44. The van der Waals surface area contributed by atoms with Crippen LogP contribution in [0.15, 0.2) is 30.3 Å². The summed E-state index contributed by atoms with van der Waals surface area (Å²) in [6.07, 6.45) is 0. The molecule has 3 atom stereocenters. The second kappa shape index (κ2) is 7.37. The van der Waals surface area contributed by atoms with Gasteiger partial charge in [-0.3, -0.25) is 9.48 Å². The van der Waals surface area contributed by atoms with Gasteiger partial charge in [0.1, 0.15) is 11.5 Å². The molecule has 0 unspecified atom stereocenters. The highest BCUT2D eigenvalue weighted by molar-refractivity contribution is 5.93. The van der Waals surface area contributed by atoms with E-state index in [2.05, 4.69) is 10.4 Å². The summed E-state index contributed by atoms with van der Waals surface area (Å²) in [5.74, 6) is 0.473. The highest BCUT2D eigenvalue weighted by Crippen LogP contribution is 2.43. The summed E-state index contributed by atoms with van der Waals surface area (Å²) < 4.78 is 15.6. The molecule has 4 rings (SSSR count). The maximum Gasteiger partial charge on any atom is 0.272 e. The molecule has 1 aromatic carbocycles. The van der Waals surface area contributed by atoms with Crippen molar-refractivity contribution in [2.75, 3.05) is 19.6 Å². The van der Waals surface area contributed by atoms with E-state index in [4.69, 9.17) is 0 Å². The summed E-state index contributed by atoms with van der Waals surface area (Å²) in [6, 6.07) is 8.42. The molecule has 0 radical (unpaired) electrons. The molecule has 1 aromatic heterocycles. The van der Waals surface area contributed by atoms with Crippen molar-refractivity contribution in [3.05, 3.63) is 53.1 Å². The average molecular weight is 379 g/mol. The number of rotatable bonds is 3. The number of aryl methyl sites for hydroxylation is 2. The first-order valence-electron chi connectivity index (χ1n) is 8.90. The number of carbonyl (C=O) groups excluding carboxylic acids is 1. The van der Waals surface area contributed by atoms with E-state index < -0.39 is 0 Å². The van der Waals surface area contributed by atoms with Gasteiger partial charge in [-0.1, -0.05) is 12.1 Å². The number of fused-ring (bicyclic) bond motifs is 1. The van der Waals surface area contributed by atoms with E-state index in [0.717, 1.165) is 24.3 Å². The van der Waals surface area contributed by atoms with Crippen molar-refractivity contribution in [2.24, 2.45) is 11.8 Å². The van der Waals surface area contributed by atoms with Gasteiger partial charge in [-0.15, -0.1) is 12.4 Å². The standard InChI is InChI=1S/C19H23FN4O.ClH/c1-3-24-17(7-12(2)22-24)19(25)23-11-14-9-21-10-16(14)18(23)13-5-4-6-15(20)8-13;/h4-8,14,16,18,21H,3,9-11H2,1-2H3;1H/t14-,16-,18+;/m0./s1. The fourth-order valence-electron chi connectivity index (χ4n) is 4.35. The second-order valence-corrected chi connectivity index (χ2v) is 7.03. The number of likely N-dealkylation sites (tertiary alicyclic amines) is 1. The van der Waals surface area contributed by atoms with Crippen LogP contribution in [0.4, 0.5) is 4.39 Å². The van der Waals surface area contributed by atoms with Crippen LogP contribution in [0.5, 0.6) is 0 Å². The lowest BCUT2D eigenvalue weighted by molar-refractivity contribution is 0.0701. The van der Waals surface area contributed by atoms with Crippen LogP contribution in [-0.2, 0) is 6.54 Å². The number of nitrogens with one attached hydrogen (secondary N) is 1. The molecule has 1 amide bonds. The van der Waals surface area contributed by atoms with E-state index in [-0.39, 0.29) is 30.2 Å². The first-order chi connectivity index (χ1) is 12.1. The minimum absolute atomic E-state index is 0. The number of hydrogen-bond acceptors (Lipinski definition) is 3. The Hall–Kier alpha value is -1.92. The van der Waals surface area contributed by atoms with Crippen LogP contribution >= 0.6 is 12.4 Å². The van der Waals surface area contributed by atoms with Gasteiger partial charge < -0.3 is 10.2 Å². The van der Waals surface area contributed by atoms with Crippen LogP contribution in [0, 0.1) is 24.6 Å². The van der Waals surface area contributed by atoms with E-state index in [1.807, 2.05) is 30.9 Å². The molecule has 2 aromatic rings. The molecule has 26 heavy (non-hydrogen) atoms. The highest BCUT2D eigenvalue weighted by Gasteiger charge is 2.47. The normalized spacial score (nSPS) is 24.4. The molecule has 2 aliphatic rings. The Kier molecular flexibility index (Phi) is 5.34. The average Bonchev–Trinajstić information content (AvgIpc) is 3.27. The number of aromatic nitrogens is 2. The fraction of sp³-hybridized carbons (Fsp3) is 0.474. The zero-order chi connectivity index (χ0) is 17.6. The quantitative estimate of drug-likeness (QED) is 0.893. The molecule has 2 saturated heterocycles. The Morgan fingerprint density at radius 3 is 2.88 bits per heavy atom. The first kappa shape index (κ1) is 18.9. The van der Waals surface area contributed by atoms with Crippen molar-refractivity contribution in [1.29, 1.82) is 0 Å². The molecule has 0 spiro atoms. The fourth-order valence-corrected chi connectivity index (χ4v) is 4.35. The Labute approximate surface area is 159 Å². The minimum Gasteiger partial charge on any atom is -0.330 e. The number of halogens is 2. The Balaban J connectivity index is 0.00000196. The van der Waals surface area contributed by atoms with Crippen LogP contribution in [0.2, 0.25) is 0 Å². The molecule has 2 aliphatic heterocycles. The number of hydrogen-bond donors (Lipinski definition) is 1. The van der Waals surface area contributed by atoms with E-state index in [1.165, 1.54) is 6.07 Å². The third-order valence-corrected chi connectivity index (χ3v) is 5.44. The maximum absolute atomic E-state index is 13.8. The second-order valence-electron chi connectivity index (χ2n) is 7.03. The summed E-state index contributed by atoms with van der Waals surface area (Å²) in [5, 5.41) is 7.82. The molecule has 7 heteroatoms. The number of amides is 1. The van der Waals surface area contributed by atoms with Crippen molar-refractivity contribution < 1.29 is 9.18 Å². The molecule has 0 aliphatic carbocycles. The smallest absolute Gasteiger partial charge is 0.272 e. The molecule has 0 saturated carbocycles. The molecule has 140 valence electrons. The Bertz CT molecular complexity index is 809. The Morgan fingerprint density at radius 1 is 1.35 bits per heavy atom. The van der Waals surface area contributed by atoms with Gasteiger partial charge in [-0.05, 0) is 43.5 Å². The summed E-state index contributed by atoms with van der Waals surface area (Å²) in [4.78, 5) is 15.2. The van der Waals surface area contributed by atoms with Gasteiger partial charge in [-0.2, -0.15) is 5.10 Å². The zero-order valence-electron chi connectivity index (χ0n) is 15.0. The van der Waals surface area contributed by atoms with Crippen LogP contribution in [-0.4, -0.2) is 40.2 Å². The van der Waals surface area contributed by atoms with Gasteiger partial charge in [0.15, 0.2) is 0 Å². The van der Waals surface area contributed by atoms with Gasteiger partial charge in [0.05, 0.1) is 11.7 Å².